The Morgan fingerprint density at radius 3 is 2.67 bits per heavy atom. The third-order valence-corrected chi connectivity index (χ3v) is 3.14. The number of amides is 2. The van der Waals surface area contributed by atoms with Crippen molar-refractivity contribution in [1.82, 2.24) is 15.5 Å². The molecule has 1 heterocycles. The Morgan fingerprint density at radius 1 is 1.39 bits per heavy atom. The van der Waals surface area contributed by atoms with Gasteiger partial charge in [0.1, 0.15) is 0 Å². The van der Waals surface area contributed by atoms with Gasteiger partial charge in [-0.15, -0.1) is 12.4 Å². The zero-order valence-corrected chi connectivity index (χ0v) is 12.0. The average molecular weight is 278 g/mol. The fraction of sp³-hybridized carbons (Fsp3) is 0.833. The summed E-state index contributed by atoms with van der Waals surface area (Å²) in [5.41, 5.74) is 0. The molecule has 0 spiro atoms. The van der Waals surface area contributed by atoms with E-state index in [9.17, 15) is 9.59 Å². The van der Waals surface area contributed by atoms with Crippen LogP contribution in [0.2, 0.25) is 0 Å². The summed E-state index contributed by atoms with van der Waals surface area (Å²) in [7, 11) is 1.85. The number of halogens is 1. The first-order valence-electron chi connectivity index (χ1n) is 6.38. The Balaban J connectivity index is 0.00000289. The van der Waals surface area contributed by atoms with Crippen LogP contribution in [-0.2, 0) is 9.59 Å². The lowest BCUT2D eigenvalue weighted by atomic mass is 10.1. The molecule has 1 unspecified atom stereocenters. The average Bonchev–Trinajstić information content (AvgIpc) is 2.81. The Labute approximate surface area is 115 Å². The molecule has 5 nitrogen and oxygen atoms in total. The highest BCUT2D eigenvalue weighted by atomic mass is 35.5. The summed E-state index contributed by atoms with van der Waals surface area (Å²) < 4.78 is 0. The molecule has 1 aliphatic rings. The monoisotopic (exact) mass is 277 g/mol. The molecule has 0 bridgehead atoms. The van der Waals surface area contributed by atoms with E-state index >= 15 is 0 Å². The van der Waals surface area contributed by atoms with E-state index in [0.29, 0.717) is 31.8 Å². The molecule has 1 atom stereocenters. The second-order valence-corrected chi connectivity index (χ2v) is 4.46. The molecule has 2 amide bonds. The first-order valence-corrected chi connectivity index (χ1v) is 6.38. The lowest BCUT2D eigenvalue weighted by Crippen LogP contribution is -2.38. The second-order valence-electron chi connectivity index (χ2n) is 4.46. The van der Waals surface area contributed by atoms with E-state index in [0.717, 1.165) is 19.5 Å². The van der Waals surface area contributed by atoms with Crippen molar-refractivity contribution in [2.45, 2.75) is 38.6 Å². The molecule has 0 radical (unpaired) electrons. The highest BCUT2D eigenvalue weighted by molar-refractivity contribution is 5.85. The molecule has 6 heteroatoms. The first kappa shape index (κ1) is 17.2. The molecule has 2 N–H and O–H groups in total. The van der Waals surface area contributed by atoms with Crippen LogP contribution in [0.5, 0.6) is 0 Å². The Morgan fingerprint density at radius 2 is 2.11 bits per heavy atom. The van der Waals surface area contributed by atoms with Crippen molar-refractivity contribution in [3.63, 3.8) is 0 Å². The number of carbonyl (C=O) groups is 2. The molecule has 106 valence electrons. The van der Waals surface area contributed by atoms with Gasteiger partial charge in [0.15, 0.2) is 0 Å². The standard InChI is InChI=1S/C12H23N3O2.ClH/c1-3-14-11(16)5-4-6-12(17)15(2)10-7-8-13-9-10;/h10,13H,3-9H2,1-2H3,(H,14,16);1H. The summed E-state index contributed by atoms with van der Waals surface area (Å²) in [6, 6.07) is 0.326. The van der Waals surface area contributed by atoms with E-state index in [2.05, 4.69) is 10.6 Å². The van der Waals surface area contributed by atoms with E-state index in [4.69, 9.17) is 0 Å². The van der Waals surface area contributed by atoms with Crippen LogP contribution in [0, 0.1) is 0 Å². The van der Waals surface area contributed by atoms with Gasteiger partial charge in [0.05, 0.1) is 0 Å². The Bertz CT molecular complexity index is 268. The third kappa shape index (κ3) is 5.69. The molecule has 0 aromatic carbocycles. The van der Waals surface area contributed by atoms with Gasteiger partial charge in [-0.3, -0.25) is 9.59 Å². The number of carbonyl (C=O) groups excluding carboxylic acids is 2. The third-order valence-electron chi connectivity index (χ3n) is 3.14. The first-order chi connectivity index (χ1) is 8.15. The fourth-order valence-corrected chi connectivity index (χ4v) is 2.04. The SMILES string of the molecule is CCNC(=O)CCCC(=O)N(C)C1CCNC1.Cl. The van der Waals surface area contributed by atoms with E-state index in [1.54, 1.807) is 0 Å². The highest BCUT2D eigenvalue weighted by Crippen LogP contribution is 2.09. The molecular weight excluding hydrogens is 254 g/mol. The van der Waals surface area contributed by atoms with Gasteiger partial charge in [-0.05, 0) is 26.3 Å². The van der Waals surface area contributed by atoms with E-state index < -0.39 is 0 Å². The van der Waals surface area contributed by atoms with E-state index in [1.165, 1.54) is 0 Å². The molecule has 0 saturated carbocycles. The van der Waals surface area contributed by atoms with Crippen molar-refractivity contribution < 1.29 is 9.59 Å². The maximum atomic E-state index is 11.8. The van der Waals surface area contributed by atoms with Gasteiger partial charge in [-0.25, -0.2) is 0 Å². The quantitative estimate of drug-likeness (QED) is 0.745. The van der Waals surface area contributed by atoms with Gasteiger partial charge in [-0.2, -0.15) is 0 Å². The van der Waals surface area contributed by atoms with E-state index in [1.807, 2.05) is 18.9 Å². The smallest absolute Gasteiger partial charge is 0.222 e. The van der Waals surface area contributed by atoms with Crippen molar-refractivity contribution in [3.05, 3.63) is 0 Å². The molecule has 1 saturated heterocycles. The predicted octanol–water partition coefficient (Wildman–Crippen LogP) is 0.535. The number of nitrogens with one attached hydrogen (secondary N) is 2. The van der Waals surface area contributed by atoms with Gasteiger partial charge in [0, 0.05) is 39.0 Å². The molecule has 1 fully saturated rings. The largest absolute Gasteiger partial charge is 0.356 e. The maximum Gasteiger partial charge on any atom is 0.222 e. The number of likely N-dealkylation sites (N-methyl/N-ethyl adjacent to an activating group) is 1. The van der Waals surface area contributed by atoms with Crippen molar-refractivity contribution in [2.75, 3.05) is 26.7 Å². The molecule has 0 aromatic rings. The Hall–Kier alpha value is -0.810. The minimum absolute atomic E-state index is 0. The van der Waals surface area contributed by atoms with Gasteiger partial charge >= 0.3 is 0 Å². The van der Waals surface area contributed by atoms with Crippen LogP contribution in [0.3, 0.4) is 0 Å². The zero-order valence-electron chi connectivity index (χ0n) is 11.2. The van der Waals surface area contributed by atoms with Crippen LogP contribution >= 0.6 is 12.4 Å². The van der Waals surface area contributed by atoms with Crippen molar-refractivity contribution in [1.29, 1.82) is 0 Å². The molecule has 18 heavy (non-hydrogen) atoms. The summed E-state index contributed by atoms with van der Waals surface area (Å²) in [5, 5.41) is 5.97. The summed E-state index contributed by atoms with van der Waals surface area (Å²) in [4.78, 5) is 24.9. The van der Waals surface area contributed by atoms with Crippen LogP contribution in [0.25, 0.3) is 0 Å². The number of hydrogen-bond donors (Lipinski definition) is 2. The fourth-order valence-electron chi connectivity index (χ4n) is 2.04. The van der Waals surface area contributed by atoms with Crippen LogP contribution in [0.4, 0.5) is 0 Å². The number of nitrogens with zero attached hydrogens (tertiary/aromatic N) is 1. The molecule has 0 aromatic heterocycles. The second kappa shape index (κ2) is 9.16. The van der Waals surface area contributed by atoms with Crippen molar-refractivity contribution in [3.8, 4) is 0 Å². The lowest BCUT2D eigenvalue weighted by Gasteiger charge is -2.23. The van der Waals surface area contributed by atoms with Crippen molar-refractivity contribution >= 4 is 24.2 Å². The molecule has 0 aliphatic carbocycles. The topological polar surface area (TPSA) is 61.4 Å². The molecule has 1 rings (SSSR count). The molecular formula is C12H24ClN3O2. The zero-order chi connectivity index (χ0) is 12.7. The lowest BCUT2D eigenvalue weighted by molar-refractivity contribution is -0.131. The van der Waals surface area contributed by atoms with Gasteiger partial charge in [-0.1, -0.05) is 0 Å². The minimum atomic E-state index is 0. The minimum Gasteiger partial charge on any atom is -0.356 e. The summed E-state index contributed by atoms with van der Waals surface area (Å²) in [6.07, 6.45) is 2.56. The summed E-state index contributed by atoms with van der Waals surface area (Å²) in [6.45, 7) is 4.42. The Kier molecular flexibility index (Phi) is 8.75. The normalized spacial score (nSPS) is 18.0. The van der Waals surface area contributed by atoms with Crippen LogP contribution in [-0.4, -0.2) is 49.4 Å². The number of rotatable bonds is 6. The van der Waals surface area contributed by atoms with Gasteiger partial charge in [0.2, 0.25) is 11.8 Å². The predicted molar refractivity (Wildman–Crippen MR) is 73.8 cm³/mol. The van der Waals surface area contributed by atoms with Crippen LogP contribution < -0.4 is 10.6 Å². The van der Waals surface area contributed by atoms with Crippen molar-refractivity contribution in [2.24, 2.45) is 0 Å². The van der Waals surface area contributed by atoms with E-state index in [-0.39, 0.29) is 24.2 Å². The summed E-state index contributed by atoms with van der Waals surface area (Å²) in [5.74, 6) is 0.175. The summed E-state index contributed by atoms with van der Waals surface area (Å²) >= 11 is 0. The molecule has 1 aliphatic heterocycles. The van der Waals surface area contributed by atoms with Crippen LogP contribution in [0.1, 0.15) is 32.6 Å². The van der Waals surface area contributed by atoms with Gasteiger partial charge < -0.3 is 15.5 Å². The number of hydrogen-bond acceptors (Lipinski definition) is 3. The van der Waals surface area contributed by atoms with Crippen LogP contribution in [0.15, 0.2) is 0 Å². The van der Waals surface area contributed by atoms with Gasteiger partial charge in [0.25, 0.3) is 0 Å². The highest BCUT2D eigenvalue weighted by Gasteiger charge is 2.22. The maximum absolute atomic E-state index is 11.8.